The second-order valence-corrected chi connectivity index (χ2v) is 6.82. The fraction of sp³-hybridized carbons (Fsp3) is 0.286. The van der Waals surface area contributed by atoms with E-state index < -0.39 is 12.1 Å². The van der Waals surface area contributed by atoms with Gasteiger partial charge in [-0.05, 0) is 44.0 Å². The van der Waals surface area contributed by atoms with Gasteiger partial charge >= 0.3 is 5.97 Å². The molecule has 138 valence electrons. The summed E-state index contributed by atoms with van der Waals surface area (Å²) in [6.07, 6.45) is -0.113. The molecule has 2 aromatic carbocycles. The van der Waals surface area contributed by atoms with Crippen LogP contribution in [0.25, 0.3) is 11.0 Å². The zero-order valence-corrected chi connectivity index (χ0v) is 15.2. The van der Waals surface area contributed by atoms with Crippen molar-refractivity contribution >= 4 is 28.5 Å². The number of anilines is 1. The zero-order valence-electron chi connectivity index (χ0n) is 15.2. The highest BCUT2D eigenvalue weighted by Gasteiger charge is 2.34. The highest BCUT2D eigenvalue weighted by Crippen LogP contribution is 2.32. The molecule has 1 aliphatic heterocycles. The van der Waals surface area contributed by atoms with Crippen LogP contribution in [0.15, 0.2) is 53.1 Å². The van der Waals surface area contributed by atoms with Crippen molar-refractivity contribution in [1.82, 2.24) is 5.16 Å². The maximum Gasteiger partial charge on any atom is 0.312 e. The molecule has 1 aliphatic rings. The molecular formula is C21H20N2O4. The summed E-state index contributed by atoms with van der Waals surface area (Å²) in [5, 5.41) is 4.71. The van der Waals surface area contributed by atoms with Crippen LogP contribution in [0.5, 0.6) is 0 Å². The molecule has 0 unspecified atom stereocenters. The van der Waals surface area contributed by atoms with Gasteiger partial charge in [-0.3, -0.25) is 9.59 Å². The van der Waals surface area contributed by atoms with E-state index >= 15 is 0 Å². The number of hydrogen-bond acceptors (Lipinski definition) is 5. The normalized spacial score (nSPS) is 17.0. The quantitative estimate of drug-likeness (QED) is 0.664. The van der Waals surface area contributed by atoms with Crippen LogP contribution in [0.2, 0.25) is 0 Å². The Hall–Kier alpha value is -3.15. The number of aromatic nitrogens is 1. The van der Waals surface area contributed by atoms with Gasteiger partial charge in [-0.1, -0.05) is 35.5 Å². The lowest BCUT2D eigenvalue weighted by atomic mass is 10.1. The van der Waals surface area contributed by atoms with Gasteiger partial charge in [0.15, 0.2) is 11.7 Å². The summed E-state index contributed by atoms with van der Waals surface area (Å²) in [6, 6.07) is 15.2. The predicted molar refractivity (Wildman–Crippen MR) is 100 cm³/mol. The number of nitrogens with zero attached hydrogens (tertiary/aromatic N) is 2. The van der Waals surface area contributed by atoms with Crippen LogP contribution in [-0.4, -0.2) is 29.2 Å². The summed E-state index contributed by atoms with van der Waals surface area (Å²) in [5.41, 5.74) is 3.15. The average molecular weight is 364 g/mol. The Morgan fingerprint density at radius 2 is 1.96 bits per heavy atom. The number of carbonyl (C=O) groups is 2. The fourth-order valence-electron chi connectivity index (χ4n) is 3.59. The number of hydrogen-bond donors (Lipinski definition) is 0. The molecule has 3 aromatic rings. The molecule has 0 aliphatic carbocycles. The minimum absolute atomic E-state index is 0.0375. The number of carbonyl (C=O) groups excluding carboxylic acids is 2. The first kappa shape index (κ1) is 17.3. The minimum Gasteiger partial charge on any atom is -0.452 e. The van der Waals surface area contributed by atoms with Gasteiger partial charge in [0.25, 0.3) is 5.91 Å². The molecule has 1 aromatic heterocycles. The Bertz CT molecular complexity index is 1010. The maximum absolute atomic E-state index is 12.9. The lowest BCUT2D eigenvalue weighted by molar-refractivity contribution is -0.153. The summed E-state index contributed by atoms with van der Waals surface area (Å²) in [4.78, 5) is 26.9. The van der Waals surface area contributed by atoms with Gasteiger partial charge in [0.1, 0.15) is 5.69 Å². The van der Waals surface area contributed by atoms with E-state index in [2.05, 4.69) is 5.16 Å². The maximum atomic E-state index is 12.9. The van der Waals surface area contributed by atoms with E-state index in [1.165, 1.54) is 0 Å². The van der Waals surface area contributed by atoms with E-state index in [1.807, 2.05) is 49.4 Å². The first-order valence-electron chi connectivity index (χ1n) is 8.98. The number of rotatable bonds is 4. The molecule has 0 saturated carbocycles. The Kier molecular flexibility index (Phi) is 4.39. The van der Waals surface area contributed by atoms with Gasteiger partial charge in [0.05, 0.1) is 6.42 Å². The third-order valence-electron chi connectivity index (χ3n) is 4.86. The second-order valence-electron chi connectivity index (χ2n) is 6.82. The zero-order chi connectivity index (χ0) is 19.0. The average Bonchev–Trinajstić information content (AvgIpc) is 3.21. The van der Waals surface area contributed by atoms with Crippen molar-refractivity contribution in [2.24, 2.45) is 0 Å². The standard InChI is InChI=1S/C21H20N2O4/c1-13-11-15-7-3-5-9-18(15)23(13)21(25)14(2)26-20(24)12-17-16-8-4-6-10-19(16)27-22-17/h3-10,13-14H,11-12H2,1-2H3/t13-,14+/m1/s1. The molecule has 2 heterocycles. The van der Waals surface area contributed by atoms with Crippen molar-refractivity contribution in [1.29, 1.82) is 0 Å². The van der Waals surface area contributed by atoms with Crippen molar-refractivity contribution in [3.8, 4) is 0 Å². The molecule has 0 saturated heterocycles. The van der Waals surface area contributed by atoms with E-state index in [9.17, 15) is 9.59 Å². The SMILES string of the molecule is C[C@H](OC(=O)Cc1noc2ccccc12)C(=O)N1c2ccccc2C[C@H]1C. The van der Waals surface area contributed by atoms with Crippen LogP contribution < -0.4 is 4.90 Å². The number of esters is 1. The molecule has 0 spiro atoms. The molecule has 0 N–H and O–H groups in total. The molecule has 0 radical (unpaired) electrons. The van der Waals surface area contributed by atoms with Crippen LogP contribution >= 0.6 is 0 Å². The predicted octanol–water partition coefficient (Wildman–Crippen LogP) is 3.28. The van der Waals surface area contributed by atoms with Crippen LogP contribution in [0, 0.1) is 0 Å². The largest absolute Gasteiger partial charge is 0.452 e. The van der Waals surface area contributed by atoms with Crippen LogP contribution in [0.3, 0.4) is 0 Å². The molecule has 4 rings (SSSR count). The Morgan fingerprint density at radius 3 is 2.81 bits per heavy atom. The van der Waals surface area contributed by atoms with Gasteiger partial charge in [0, 0.05) is 17.1 Å². The van der Waals surface area contributed by atoms with Gasteiger partial charge in [-0.15, -0.1) is 0 Å². The smallest absolute Gasteiger partial charge is 0.312 e. The Balaban J connectivity index is 1.45. The van der Waals surface area contributed by atoms with E-state index in [0.29, 0.717) is 11.3 Å². The first-order valence-corrected chi connectivity index (χ1v) is 8.98. The topological polar surface area (TPSA) is 72.6 Å². The molecule has 2 atom stereocenters. The molecule has 0 bridgehead atoms. The fourth-order valence-corrected chi connectivity index (χ4v) is 3.59. The minimum atomic E-state index is -0.871. The van der Waals surface area contributed by atoms with Crippen LogP contribution in [0.1, 0.15) is 25.1 Å². The van der Waals surface area contributed by atoms with Crippen molar-refractivity contribution in [2.45, 2.75) is 38.8 Å². The summed E-state index contributed by atoms with van der Waals surface area (Å²) in [5.74, 6) is -0.721. The number of ether oxygens (including phenoxy) is 1. The number of para-hydroxylation sites is 2. The highest BCUT2D eigenvalue weighted by atomic mass is 16.5. The summed E-state index contributed by atoms with van der Waals surface area (Å²) in [7, 11) is 0. The molecule has 0 fully saturated rings. The number of fused-ring (bicyclic) bond motifs is 2. The van der Waals surface area contributed by atoms with E-state index in [0.717, 1.165) is 23.1 Å². The van der Waals surface area contributed by atoms with Gasteiger partial charge in [-0.25, -0.2) is 0 Å². The van der Waals surface area contributed by atoms with Gasteiger partial charge in [0.2, 0.25) is 0 Å². The number of benzene rings is 2. The lowest BCUT2D eigenvalue weighted by Crippen LogP contribution is -2.43. The summed E-state index contributed by atoms with van der Waals surface area (Å²) < 4.78 is 10.6. The third-order valence-corrected chi connectivity index (χ3v) is 4.86. The summed E-state index contributed by atoms with van der Waals surface area (Å²) in [6.45, 7) is 3.60. The van der Waals surface area contributed by atoms with Crippen molar-refractivity contribution in [3.05, 3.63) is 59.8 Å². The molecule has 1 amide bonds. The molecule has 6 nitrogen and oxygen atoms in total. The molecule has 6 heteroatoms. The van der Waals surface area contributed by atoms with Crippen molar-refractivity contribution < 1.29 is 18.8 Å². The van der Waals surface area contributed by atoms with E-state index in [-0.39, 0.29) is 18.4 Å². The highest BCUT2D eigenvalue weighted by molar-refractivity contribution is 5.99. The van der Waals surface area contributed by atoms with Crippen LogP contribution in [-0.2, 0) is 27.2 Å². The molecular weight excluding hydrogens is 344 g/mol. The van der Waals surface area contributed by atoms with E-state index in [1.54, 1.807) is 17.9 Å². The Morgan fingerprint density at radius 1 is 1.22 bits per heavy atom. The van der Waals surface area contributed by atoms with Crippen molar-refractivity contribution in [3.63, 3.8) is 0 Å². The van der Waals surface area contributed by atoms with Crippen molar-refractivity contribution in [2.75, 3.05) is 4.90 Å². The van der Waals surface area contributed by atoms with Gasteiger partial charge in [-0.2, -0.15) is 0 Å². The van der Waals surface area contributed by atoms with E-state index in [4.69, 9.17) is 9.26 Å². The first-order chi connectivity index (χ1) is 13.0. The second kappa shape index (κ2) is 6.87. The third kappa shape index (κ3) is 3.18. The lowest BCUT2D eigenvalue weighted by Gasteiger charge is -2.25. The monoisotopic (exact) mass is 364 g/mol. The molecule has 27 heavy (non-hydrogen) atoms. The Labute approximate surface area is 156 Å². The number of amides is 1. The van der Waals surface area contributed by atoms with Crippen LogP contribution in [0.4, 0.5) is 5.69 Å². The van der Waals surface area contributed by atoms with Gasteiger partial charge < -0.3 is 14.2 Å². The summed E-state index contributed by atoms with van der Waals surface area (Å²) >= 11 is 0.